The zero-order chi connectivity index (χ0) is 20.1. The molecule has 0 bridgehead atoms. The molecule has 4 aliphatic carbocycles. The zero-order valence-electron chi connectivity index (χ0n) is 18.3. The molecular weight excluding hydrogens is 348 g/mol. The summed E-state index contributed by atoms with van der Waals surface area (Å²) in [6, 6.07) is 0. The number of hydrogen-bond acceptors (Lipinski definition) is 3. The Morgan fingerprint density at radius 1 is 0.964 bits per heavy atom. The van der Waals surface area contributed by atoms with Crippen LogP contribution in [0.5, 0.6) is 0 Å². The van der Waals surface area contributed by atoms with E-state index in [0.717, 1.165) is 49.4 Å². The minimum atomic E-state index is -1.16. The molecule has 4 rings (SSSR count). The lowest BCUT2D eigenvalue weighted by Crippen LogP contribution is -2.49. The summed E-state index contributed by atoms with van der Waals surface area (Å²) in [6.07, 6.45) is 12.4. The van der Waals surface area contributed by atoms with Crippen molar-refractivity contribution in [3.05, 3.63) is 0 Å². The quantitative estimate of drug-likeness (QED) is 0.638. The van der Waals surface area contributed by atoms with Crippen LogP contribution in [0.2, 0.25) is 0 Å². The molecule has 2 N–H and O–H groups in total. The largest absolute Gasteiger partial charge is 0.368 e. The van der Waals surface area contributed by atoms with Gasteiger partial charge in [-0.25, -0.2) is 0 Å². The lowest BCUT2D eigenvalue weighted by Gasteiger charge is -2.56. The number of fused-ring (bicyclic) bond motifs is 5. The number of aliphatic hydroxyl groups is 2. The lowest BCUT2D eigenvalue weighted by molar-refractivity contribution is -0.129. The van der Waals surface area contributed by atoms with Gasteiger partial charge in [-0.3, -0.25) is 4.79 Å². The molecule has 0 aromatic carbocycles. The molecule has 3 nitrogen and oxygen atoms in total. The standard InChI is InChI=1S/C25H42O3/c1-16(7-10-23(27)28)20-8-9-21-19-6-4-5-17-15-18(26)11-13-24(17,2)22(19)12-14-25(20,21)3/h16-17,19-23,27-28H,4-15H2,1-3H3/t16-,17-,19-,20-,21+,22+,24+,25-/m1/s1. The minimum Gasteiger partial charge on any atom is -0.368 e. The van der Waals surface area contributed by atoms with E-state index in [1.54, 1.807) is 0 Å². The molecule has 0 radical (unpaired) electrons. The number of carbonyl (C=O) groups is 1. The fourth-order valence-electron chi connectivity index (χ4n) is 8.84. The maximum absolute atomic E-state index is 12.2. The van der Waals surface area contributed by atoms with E-state index in [2.05, 4.69) is 20.8 Å². The van der Waals surface area contributed by atoms with Crippen LogP contribution in [-0.2, 0) is 4.79 Å². The molecule has 0 saturated heterocycles. The summed E-state index contributed by atoms with van der Waals surface area (Å²) in [5, 5.41) is 18.6. The average molecular weight is 391 g/mol. The summed E-state index contributed by atoms with van der Waals surface area (Å²) in [6.45, 7) is 7.48. The molecule has 0 unspecified atom stereocenters. The Morgan fingerprint density at radius 2 is 1.71 bits per heavy atom. The van der Waals surface area contributed by atoms with Crippen molar-refractivity contribution in [2.45, 2.75) is 104 Å². The van der Waals surface area contributed by atoms with Crippen LogP contribution in [0, 0.1) is 46.3 Å². The Bertz CT molecular complexity index is 586. The van der Waals surface area contributed by atoms with Crippen LogP contribution in [0.4, 0.5) is 0 Å². The Hall–Kier alpha value is -0.410. The van der Waals surface area contributed by atoms with Gasteiger partial charge in [0.05, 0.1) is 0 Å². The normalized spacial score (nSPS) is 47.2. The Morgan fingerprint density at radius 3 is 2.46 bits per heavy atom. The molecule has 8 atom stereocenters. The van der Waals surface area contributed by atoms with Crippen molar-refractivity contribution < 1.29 is 15.0 Å². The number of Topliss-reactive ketones (excluding diaryl/α,β-unsaturated/α-hetero) is 1. The summed E-state index contributed by atoms with van der Waals surface area (Å²) in [5.74, 6) is 4.97. The minimum absolute atomic E-state index is 0.390. The monoisotopic (exact) mass is 390 g/mol. The number of rotatable bonds is 4. The third-order valence-corrected chi connectivity index (χ3v) is 10.4. The molecule has 28 heavy (non-hydrogen) atoms. The highest BCUT2D eigenvalue weighted by Crippen LogP contribution is 2.67. The summed E-state index contributed by atoms with van der Waals surface area (Å²) in [4.78, 5) is 12.2. The predicted octanol–water partition coefficient (Wildman–Crippen LogP) is 5.33. The van der Waals surface area contributed by atoms with E-state index in [1.807, 2.05) is 0 Å². The van der Waals surface area contributed by atoms with Crippen molar-refractivity contribution in [3.63, 3.8) is 0 Å². The zero-order valence-corrected chi connectivity index (χ0v) is 18.3. The van der Waals surface area contributed by atoms with Gasteiger partial charge in [-0.1, -0.05) is 27.2 Å². The third kappa shape index (κ3) is 3.39. The van der Waals surface area contributed by atoms with Crippen LogP contribution in [0.15, 0.2) is 0 Å². The van der Waals surface area contributed by atoms with Gasteiger partial charge < -0.3 is 10.2 Å². The van der Waals surface area contributed by atoms with Gasteiger partial charge in [0.15, 0.2) is 6.29 Å². The maximum atomic E-state index is 12.2. The third-order valence-electron chi connectivity index (χ3n) is 10.4. The van der Waals surface area contributed by atoms with E-state index in [4.69, 9.17) is 0 Å². The fraction of sp³-hybridized carbons (Fsp3) is 0.960. The smallest absolute Gasteiger partial charge is 0.151 e. The molecule has 3 heteroatoms. The molecule has 0 aromatic heterocycles. The first-order chi connectivity index (χ1) is 13.3. The highest BCUT2D eigenvalue weighted by atomic mass is 16.5. The number of hydrogen-bond donors (Lipinski definition) is 2. The van der Waals surface area contributed by atoms with Crippen LogP contribution in [0.25, 0.3) is 0 Å². The summed E-state index contributed by atoms with van der Waals surface area (Å²) in [5.41, 5.74) is 0.822. The van der Waals surface area contributed by atoms with Crippen molar-refractivity contribution in [2.24, 2.45) is 46.3 Å². The Labute approximate surface area is 171 Å². The highest BCUT2D eigenvalue weighted by molar-refractivity contribution is 5.79. The van der Waals surface area contributed by atoms with E-state index in [0.29, 0.717) is 34.9 Å². The van der Waals surface area contributed by atoms with Crippen molar-refractivity contribution in [1.82, 2.24) is 0 Å². The number of carbonyl (C=O) groups excluding carboxylic acids is 1. The van der Waals surface area contributed by atoms with Crippen molar-refractivity contribution >= 4 is 5.78 Å². The van der Waals surface area contributed by atoms with E-state index < -0.39 is 6.29 Å². The van der Waals surface area contributed by atoms with Crippen molar-refractivity contribution in [2.75, 3.05) is 0 Å². The summed E-state index contributed by atoms with van der Waals surface area (Å²) < 4.78 is 0. The van der Waals surface area contributed by atoms with Gasteiger partial charge in [0, 0.05) is 12.8 Å². The molecule has 0 aromatic rings. The molecule has 4 saturated carbocycles. The Kier molecular flexibility index (Phi) is 5.72. The SMILES string of the molecule is C[C@H](CCC(O)O)[C@H]1CC[C@H]2[C@H]3CCC[C@@H]4CC(=O)CC[C@]4(C)[C@H]3CC[C@]12C. The molecule has 0 aliphatic heterocycles. The second kappa shape index (κ2) is 7.69. The number of aliphatic hydroxyl groups excluding tert-OH is 1. The molecular formula is C25H42O3. The molecule has 4 aliphatic rings. The van der Waals surface area contributed by atoms with Crippen LogP contribution < -0.4 is 0 Å². The van der Waals surface area contributed by atoms with Crippen LogP contribution in [0.3, 0.4) is 0 Å². The first-order valence-electron chi connectivity index (χ1n) is 12.1. The molecule has 160 valence electrons. The van der Waals surface area contributed by atoms with Gasteiger partial charge in [-0.15, -0.1) is 0 Å². The van der Waals surface area contributed by atoms with Crippen LogP contribution >= 0.6 is 0 Å². The topological polar surface area (TPSA) is 57.5 Å². The van der Waals surface area contributed by atoms with E-state index >= 15 is 0 Å². The van der Waals surface area contributed by atoms with Crippen LogP contribution in [0.1, 0.15) is 97.8 Å². The lowest BCUT2D eigenvalue weighted by atomic mass is 9.49. The van der Waals surface area contributed by atoms with E-state index in [-0.39, 0.29) is 0 Å². The summed E-state index contributed by atoms with van der Waals surface area (Å²) in [7, 11) is 0. The predicted molar refractivity (Wildman–Crippen MR) is 111 cm³/mol. The van der Waals surface area contributed by atoms with Gasteiger partial charge in [0.25, 0.3) is 0 Å². The average Bonchev–Trinajstić information content (AvgIpc) is 2.92. The number of ketones is 1. The van der Waals surface area contributed by atoms with Crippen LogP contribution in [-0.4, -0.2) is 22.3 Å². The first-order valence-corrected chi connectivity index (χ1v) is 12.1. The van der Waals surface area contributed by atoms with Crippen molar-refractivity contribution in [1.29, 1.82) is 0 Å². The molecule has 4 fully saturated rings. The molecule has 0 heterocycles. The van der Waals surface area contributed by atoms with Crippen molar-refractivity contribution in [3.8, 4) is 0 Å². The fourth-order valence-corrected chi connectivity index (χ4v) is 8.84. The highest BCUT2D eigenvalue weighted by Gasteiger charge is 2.59. The second-order valence-corrected chi connectivity index (χ2v) is 11.5. The first kappa shape index (κ1) is 20.8. The second-order valence-electron chi connectivity index (χ2n) is 11.5. The Balaban J connectivity index is 1.54. The van der Waals surface area contributed by atoms with E-state index in [9.17, 15) is 15.0 Å². The van der Waals surface area contributed by atoms with Gasteiger partial charge in [0.1, 0.15) is 5.78 Å². The maximum Gasteiger partial charge on any atom is 0.151 e. The van der Waals surface area contributed by atoms with Gasteiger partial charge in [-0.05, 0) is 104 Å². The van der Waals surface area contributed by atoms with Gasteiger partial charge >= 0.3 is 0 Å². The molecule has 0 amide bonds. The summed E-state index contributed by atoms with van der Waals surface area (Å²) >= 11 is 0. The van der Waals surface area contributed by atoms with Gasteiger partial charge in [-0.2, -0.15) is 0 Å². The van der Waals surface area contributed by atoms with Gasteiger partial charge in [0.2, 0.25) is 0 Å². The molecule has 0 spiro atoms. The van der Waals surface area contributed by atoms with E-state index in [1.165, 1.54) is 44.9 Å².